The molecule has 0 radical (unpaired) electrons. The van der Waals surface area contributed by atoms with Crippen LogP contribution in [0.3, 0.4) is 0 Å². The Hall–Kier alpha value is 0.0500. The van der Waals surface area contributed by atoms with Gasteiger partial charge in [0.1, 0.15) is 0 Å². The third-order valence-corrected chi connectivity index (χ3v) is 6.16. The molecule has 0 spiro atoms. The van der Waals surface area contributed by atoms with Crippen LogP contribution in [0.5, 0.6) is 0 Å². The first-order valence-corrected chi connectivity index (χ1v) is 9.43. The summed E-state index contributed by atoms with van der Waals surface area (Å²) in [5.74, 6) is 0. The number of halogens is 1. The zero-order valence-electron chi connectivity index (χ0n) is 11.4. The summed E-state index contributed by atoms with van der Waals surface area (Å²) in [6.07, 6.45) is 0.722. The van der Waals surface area contributed by atoms with Crippen LogP contribution in [0, 0.1) is 0 Å². The van der Waals surface area contributed by atoms with Gasteiger partial charge >= 0.3 is 0 Å². The van der Waals surface area contributed by atoms with E-state index in [0.717, 1.165) is 10.2 Å². The lowest BCUT2D eigenvalue weighted by molar-refractivity contribution is 0.541. The predicted octanol–water partition coefficient (Wildman–Crippen LogP) is 2.36. The lowest BCUT2D eigenvalue weighted by Gasteiger charge is -2.16. The molecule has 1 aromatic heterocycles. The van der Waals surface area contributed by atoms with Gasteiger partial charge in [-0.05, 0) is 41.4 Å². The standard InChI is InChI=1S/C12H21BrN2O2S2/c1-9(2)14-8-10(3)19(16,17)15-7-6-11-4-5-12(13)18-11/h4-5,9-10,14-15H,6-8H2,1-3H3. The smallest absolute Gasteiger partial charge is 0.215 e. The quantitative estimate of drug-likeness (QED) is 0.740. The maximum absolute atomic E-state index is 12.0. The van der Waals surface area contributed by atoms with Gasteiger partial charge in [-0.3, -0.25) is 0 Å². The summed E-state index contributed by atoms with van der Waals surface area (Å²) in [6.45, 7) is 6.64. The number of nitrogens with one attached hydrogen (secondary N) is 2. The topological polar surface area (TPSA) is 58.2 Å². The van der Waals surface area contributed by atoms with Crippen LogP contribution >= 0.6 is 27.3 Å². The van der Waals surface area contributed by atoms with Crippen LogP contribution in [-0.2, 0) is 16.4 Å². The average Bonchev–Trinajstić information content (AvgIpc) is 2.71. The van der Waals surface area contributed by atoms with Crippen molar-refractivity contribution in [2.24, 2.45) is 0 Å². The molecule has 0 bridgehead atoms. The highest BCUT2D eigenvalue weighted by molar-refractivity contribution is 9.11. The number of hydrogen-bond donors (Lipinski definition) is 2. The van der Waals surface area contributed by atoms with Crippen LogP contribution in [0.25, 0.3) is 0 Å². The van der Waals surface area contributed by atoms with Crippen LogP contribution in [0.2, 0.25) is 0 Å². The molecule has 0 fully saturated rings. The molecule has 0 amide bonds. The summed E-state index contributed by atoms with van der Waals surface area (Å²) >= 11 is 5.02. The van der Waals surface area contributed by atoms with Crippen molar-refractivity contribution in [3.63, 3.8) is 0 Å². The highest BCUT2D eigenvalue weighted by Gasteiger charge is 2.19. The van der Waals surface area contributed by atoms with Crippen molar-refractivity contribution < 1.29 is 8.42 Å². The molecule has 1 rings (SSSR count). The van der Waals surface area contributed by atoms with E-state index in [4.69, 9.17) is 0 Å². The molecular formula is C12H21BrN2O2S2. The fraction of sp³-hybridized carbons (Fsp3) is 0.667. The van der Waals surface area contributed by atoms with E-state index in [1.165, 1.54) is 4.88 Å². The van der Waals surface area contributed by atoms with E-state index in [1.54, 1.807) is 18.3 Å². The third kappa shape index (κ3) is 6.35. The van der Waals surface area contributed by atoms with E-state index in [-0.39, 0.29) is 0 Å². The van der Waals surface area contributed by atoms with Crippen LogP contribution in [0.1, 0.15) is 25.6 Å². The summed E-state index contributed by atoms with van der Waals surface area (Å²) in [5.41, 5.74) is 0. The second kappa shape index (κ2) is 7.73. The summed E-state index contributed by atoms with van der Waals surface area (Å²) < 4.78 is 27.7. The fourth-order valence-electron chi connectivity index (χ4n) is 1.46. The molecule has 2 N–H and O–H groups in total. The molecule has 1 unspecified atom stereocenters. The van der Waals surface area contributed by atoms with E-state index >= 15 is 0 Å². The van der Waals surface area contributed by atoms with Gasteiger partial charge in [0.25, 0.3) is 0 Å². The maximum Gasteiger partial charge on any atom is 0.215 e. The molecular weight excluding hydrogens is 348 g/mol. The van der Waals surface area contributed by atoms with Crippen molar-refractivity contribution in [2.45, 2.75) is 38.5 Å². The van der Waals surface area contributed by atoms with E-state index in [9.17, 15) is 8.42 Å². The van der Waals surface area contributed by atoms with Crippen molar-refractivity contribution >= 4 is 37.3 Å². The molecule has 110 valence electrons. The number of thiophene rings is 1. The zero-order valence-corrected chi connectivity index (χ0v) is 14.7. The van der Waals surface area contributed by atoms with Gasteiger partial charge in [-0.1, -0.05) is 13.8 Å². The lowest BCUT2D eigenvalue weighted by Crippen LogP contribution is -2.41. The lowest BCUT2D eigenvalue weighted by atomic mass is 10.3. The molecule has 1 heterocycles. The SMILES string of the molecule is CC(C)NCC(C)S(=O)(=O)NCCc1ccc(Br)s1. The van der Waals surface area contributed by atoms with E-state index < -0.39 is 15.3 Å². The van der Waals surface area contributed by atoms with Gasteiger partial charge in [0, 0.05) is 24.0 Å². The number of hydrogen-bond acceptors (Lipinski definition) is 4. The predicted molar refractivity (Wildman–Crippen MR) is 85.2 cm³/mol. The zero-order chi connectivity index (χ0) is 14.5. The summed E-state index contributed by atoms with van der Waals surface area (Å²) in [6, 6.07) is 4.28. The largest absolute Gasteiger partial charge is 0.313 e. The molecule has 19 heavy (non-hydrogen) atoms. The van der Waals surface area contributed by atoms with E-state index in [0.29, 0.717) is 19.1 Å². The molecule has 1 aromatic rings. The minimum absolute atomic E-state index is 0.293. The van der Waals surface area contributed by atoms with Gasteiger partial charge in [0.15, 0.2) is 0 Å². The van der Waals surface area contributed by atoms with Crippen molar-refractivity contribution in [1.29, 1.82) is 0 Å². The van der Waals surface area contributed by atoms with Gasteiger partial charge in [-0.2, -0.15) is 0 Å². The Labute approximate surface area is 128 Å². The van der Waals surface area contributed by atoms with Crippen molar-refractivity contribution in [1.82, 2.24) is 10.0 Å². The summed E-state index contributed by atoms with van der Waals surface area (Å²) in [5, 5.41) is 2.71. The summed E-state index contributed by atoms with van der Waals surface area (Å²) in [7, 11) is -3.24. The fourth-order valence-corrected chi connectivity index (χ4v) is 3.93. The Morgan fingerprint density at radius 3 is 2.53 bits per heavy atom. The van der Waals surface area contributed by atoms with Gasteiger partial charge < -0.3 is 5.32 Å². The minimum Gasteiger partial charge on any atom is -0.313 e. The van der Waals surface area contributed by atoms with Gasteiger partial charge in [-0.25, -0.2) is 13.1 Å². The summed E-state index contributed by atoms with van der Waals surface area (Å²) in [4.78, 5) is 1.17. The first kappa shape index (κ1) is 17.1. The molecule has 0 saturated heterocycles. The molecule has 0 aliphatic carbocycles. The van der Waals surface area contributed by atoms with Crippen molar-refractivity contribution in [3.05, 3.63) is 20.8 Å². The van der Waals surface area contributed by atoms with Gasteiger partial charge in [0.2, 0.25) is 10.0 Å². The minimum atomic E-state index is -3.24. The second-order valence-corrected chi connectivity index (χ2v) is 9.50. The highest BCUT2D eigenvalue weighted by atomic mass is 79.9. The molecule has 0 aliphatic rings. The van der Waals surface area contributed by atoms with Gasteiger partial charge in [-0.15, -0.1) is 11.3 Å². The van der Waals surface area contributed by atoms with E-state index in [1.807, 2.05) is 26.0 Å². The number of rotatable bonds is 8. The van der Waals surface area contributed by atoms with Crippen LogP contribution in [0.15, 0.2) is 15.9 Å². The Balaban J connectivity index is 2.37. The maximum atomic E-state index is 12.0. The Morgan fingerprint density at radius 2 is 2.00 bits per heavy atom. The molecule has 7 heteroatoms. The third-order valence-electron chi connectivity index (χ3n) is 2.65. The van der Waals surface area contributed by atoms with Crippen molar-refractivity contribution in [2.75, 3.05) is 13.1 Å². The first-order chi connectivity index (χ1) is 8.81. The molecule has 0 aliphatic heterocycles. The Morgan fingerprint density at radius 1 is 1.32 bits per heavy atom. The monoisotopic (exact) mass is 368 g/mol. The van der Waals surface area contributed by atoms with Crippen LogP contribution in [0.4, 0.5) is 0 Å². The molecule has 0 aromatic carbocycles. The highest BCUT2D eigenvalue weighted by Crippen LogP contribution is 2.22. The number of sulfonamides is 1. The van der Waals surface area contributed by atoms with Crippen LogP contribution in [-0.4, -0.2) is 32.8 Å². The van der Waals surface area contributed by atoms with Crippen molar-refractivity contribution in [3.8, 4) is 0 Å². The molecule has 0 saturated carbocycles. The normalized spacial score (nSPS) is 13.9. The van der Waals surface area contributed by atoms with Gasteiger partial charge in [0.05, 0.1) is 9.04 Å². The molecule has 4 nitrogen and oxygen atoms in total. The Kier molecular flexibility index (Phi) is 6.96. The second-order valence-electron chi connectivity index (χ2n) is 4.77. The van der Waals surface area contributed by atoms with Crippen LogP contribution < -0.4 is 10.0 Å². The average molecular weight is 369 g/mol. The molecule has 1 atom stereocenters. The first-order valence-electron chi connectivity index (χ1n) is 6.27. The van der Waals surface area contributed by atoms with E-state index in [2.05, 4.69) is 26.0 Å². The Bertz CT molecular complexity index is 486.